The van der Waals surface area contributed by atoms with Gasteiger partial charge < -0.3 is 10.2 Å². The lowest BCUT2D eigenvalue weighted by molar-refractivity contribution is -0.135. The van der Waals surface area contributed by atoms with Gasteiger partial charge >= 0.3 is 0 Å². The molecule has 0 radical (unpaired) electrons. The van der Waals surface area contributed by atoms with Gasteiger partial charge in [-0.3, -0.25) is 4.79 Å². The molecule has 0 bridgehead atoms. The topological polar surface area (TPSA) is 32.3 Å². The van der Waals surface area contributed by atoms with Crippen LogP contribution in [0.4, 0.5) is 0 Å². The average molecular weight is 210 g/mol. The van der Waals surface area contributed by atoms with E-state index in [1.807, 2.05) is 18.7 Å². The summed E-state index contributed by atoms with van der Waals surface area (Å²) in [6.45, 7) is 11.2. The number of amides is 1. The number of carbonyl (C=O) groups is 1. The Balaban J connectivity index is 2.50. The minimum Gasteiger partial charge on any atom is -0.339 e. The summed E-state index contributed by atoms with van der Waals surface area (Å²) in [7, 11) is 0. The minimum atomic E-state index is 0.179. The van der Waals surface area contributed by atoms with E-state index >= 15 is 0 Å². The van der Waals surface area contributed by atoms with Crippen molar-refractivity contribution in [3.8, 4) is 0 Å². The van der Waals surface area contributed by atoms with Crippen molar-refractivity contribution in [2.45, 2.75) is 26.7 Å². The first-order chi connectivity index (χ1) is 7.15. The Morgan fingerprint density at radius 3 is 2.80 bits per heavy atom. The largest absolute Gasteiger partial charge is 0.339 e. The van der Waals surface area contributed by atoms with Crippen LogP contribution in [0.1, 0.15) is 26.7 Å². The molecule has 1 aliphatic heterocycles. The van der Waals surface area contributed by atoms with Crippen molar-refractivity contribution in [1.82, 2.24) is 10.2 Å². The lowest BCUT2D eigenvalue weighted by Crippen LogP contribution is -2.43. The number of nitrogens with zero attached hydrogens (tertiary/aromatic N) is 1. The number of likely N-dealkylation sites (N-methyl/N-ethyl adjacent to an activating group) is 1. The van der Waals surface area contributed by atoms with E-state index in [0.29, 0.717) is 6.54 Å². The molecule has 0 aromatic rings. The highest BCUT2D eigenvalue weighted by Crippen LogP contribution is 2.14. The lowest BCUT2D eigenvalue weighted by Gasteiger charge is -2.29. The summed E-state index contributed by atoms with van der Waals surface area (Å²) in [5.41, 5.74) is 1.05. The van der Waals surface area contributed by atoms with Gasteiger partial charge in [0.15, 0.2) is 0 Å². The number of hydrogen-bond acceptors (Lipinski definition) is 2. The predicted molar refractivity (Wildman–Crippen MR) is 62.7 cm³/mol. The average Bonchev–Trinajstić information content (AvgIpc) is 2.26. The molecule has 0 spiro atoms. The molecule has 3 heteroatoms. The SMILES string of the molecule is C=C(C)CN(CC)C(=O)[C@@H]1CCCNC1. The molecule has 3 nitrogen and oxygen atoms in total. The maximum Gasteiger partial charge on any atom is 0.227 e. The van der Waals surface area contributed by atoms with Gasteiger partial charge in [0.2, 0.25) is 5.91 Å². The van der Waals surface area contributed by atoms with E-state index in [-0.39, 0.29) is 11.8 Å². The molecule has 1 heterocycles. The number of nitrogens with one attached hydrogen (secondary N) is 1. The van der Waals surface area contributed by atoms with Gasteiger partial charge in [-0.1, -0.05) is 12.2 Å². The van der Waals surface area contributed by atoms with Crippen molar-refractivity contribution in [3.05, 3.63) is 12.2 Å². The Labute approximate surface area is 92.5 Å². The summed E-state index contributed by atoms with van der Waals surface area (Å²) >= 11 is 0. The highest BCUT2D eigenvalue weighted by molar-refractivity contribution is 5.79. The maximum absolute atomic E-state index is 12.1. The highest BCUT2D eigenvalue weighted by atomic mass is 16.2. The van der Waals surface area contributed by atoms with Crippen LogP contribution in [0.25, 0.3) is 0 Å². The molecule has 0 aromatic carbocycles. The Hall–Kier alpha value is -0.830. The highest BCUT2D eigenvalue weighted by Gasteiger charge is 2.24. The molecule has 15 heavy (non-hydrogen) atoms. The van der Waals surface area contributed by atoms with Crippen molar-refractivity contribution in [1.29, 1.82) is 0 Å². The number of rotatable bonds is 4. The maximum atomic E-state index is 12.1. The fraction of sp³-hybridized carbons (Fsp3) is 0.750. The third-order valence-electron chi connectivity index (χ3n) is 2.80. The second kappa shape index (κ2) is 5.91. The van der Waals surface area contributed by atoms with Crippen molar-refractivity contribution < 1.29 is 4.79 Å². The van der Waals surface area contributed by atoms with E-state index in [1.54, 1.807) is 0 Å². The quantitative estimate of drug-likeness (QED) is 0.712. The monoisotopic (exact) mass is 210 g/mol. The number of hydrogen-bond donors (Lipinski definition) is 1. The number of piperidine rings is 1. The Morgan fingerprint density at radius 2 is 2.33 bits per heavy atom. The van der Waals surface area contributed by atoms with Gasteiger partial charge in [-0.25, -0.2) is 0 Å². The normalized spacial score (nSPS) is 21.1. The molecular formula is C12H22N2O. The van der Waals surface area contributed by atoms with Crippen LogP contribution < -0.4 is 5.32 Å². The van der Waals surface area contributed by atoms with E-state index < -0.39 is 0 Å². The van der Waals surface area contributed by atoms with Gasteiger partial charge in [-0.2, -0.15) is 0 Å². The fourth-order valence-electron chi connectivity index (χ4n) is 1.99. The number of carbonyl (C=O) groups excluding carboxylic acids is 1. The molecule has 0 unspecified atom stereocenters. The van der Waals surface area contributed by atoms with Gasteiger partial charge in [0.25, 0.3) is 0 Å². The predicted octanol–water partition coefficient (Wildman–Crippen LogP) is 1.41. The van der Waals surface area contributed by atoms with Crippen LogP contribution in [0.5, 0.6) is 0 Å². The third kappa shape index (κ3) is 3.67. The molecule has 1 aliphatic rings. The molecule has 1 rings (SSSR count). The van der Waals surface area contributed by atoms with Gasteiger partial charge in [-0.05, 0) is 33.2 Å². The van der Waals surface area contributed by atoms with Crippen LogP contribution in [-0.2, 0) is 4.79 Å². The van der Waals surface area contributed by atoms with E-state index in [9.17, 15) is 4.79 Å². The summed E-state index contributed by atoms with van der Waals surface area (Å²) in [6.07, 6.45) is 2.14. The zero-order valence-electron chi connectivity index (χ0n) is 9.88. The van der Waals surface area contributed by atoms with Crippen LogP contribution in [0, 0.1) is 5.92 Å². The van der Waals surface area contributed by atoms with Gasteiger partial charge in [0, 0.05) is 19.6 Å². The fourth-order valence-corrected chi connectivity index (χ4v) is 1.99. The van der Waals surface area contributed by atoms with Crippen LogP contribution in [0.2, 0.25) is 0 Å². The Morgan fingerprint density at radius 1 is 1.60 bits per heavy atom. The molecule has 1 saturated heterocycles. The van der Waals surface area contributed by atoms with E-state index in [0.717, 1.165) is 38.0 Å². The van der Waals surface area contributed by atoms with Crippen molar-refractivity contribution in [3.63, 3.8) is 0 Å². The van der Waals surface area contributed by atoms with Crippen molar-refractivity contribution in [2.24, 2.45) is 5.92 Å². The summed E-state index contributed by atoms with van der Waals surface area (Å²) in [4.78, 5) is 14.0. The summed E-state index contributed by atoms with van der Waals surface area (Å²) in [6, 6.07) is 0. The van der Waals surface area contributed by atoms with E-state index in [4.69, 9.17) is 0 Å². The first-order valence-corrected chi connectivity index (χ1v) is 5.79. The van der Waals surface area contributed by atoms with Crippen LogP contribution in [-0.4, -0.2) is 37.0 Å². The first kappa shape index (κ1) is 12.2. The molecule has 0 saturated carbocycles. The molecule has 0 aromatic heterocycles. The Bertz CT molecular complexity index is 232. The zero-order chi connectivity index (χ0) is 11.3. The minimum absolute atomic E-state index is 0.179. The van der Waals surface area contributed by atoms with Crippen LogP contribution >= 0.6 is 0 Å². The first-order valence-electron chi connectivity index (χ1n) is 5.79. The molecule has 1 atom stereocenters. The summed E-state index contributed by atoms with van der Waals surface area (Å²) in [5, 5.41) is 3.28. The van der Waals surface area contributed by atoms with Crippen molar-refractivity contribution >= 4 is 5.91 Å². The van der Waals surface area contributed by atoms with E-state index in [1.165, 1.54) is 0 Å². The third-order valence-corrected chi connectivity index (χ3v) is 2.80. The van der Waals surface area contributed by atoms with Crippen molar-refractivity contribution in [2.75, 3.05) is 26.2 Å². The zero-order valence-corrected chi connectivity index (χ0v) is 9.88. The molecule has 1 amide bonds. The second-order valence-electron chi connectivity index (χ2n) is 4.35. The van der Waals surface area contributed by atoms with Crippen LogP contribution in [0.3, 0.4) is 0 Å². The summed E-state index contributed by atoms with van der Waals surface area (Å²) in [5.74, 6) is 0.464. The van der Waals surface area contributed by atoms with Gasteiger partial charge in [-0.15, -0.1) is 0 Å². The van der Waals surface area contributed by atoms with E-state index in [2.05, 4.69) is 11.9 Å². The van der Waals surface area contributed by atoms with Crippen LogP contribution in [0.15, 0.2) is 12.2 Å². The molecular weight excluding hydrogens is 188 g/mol. The summed E-state index contributed by atoms with van der Waals surface area (Å²) < 4.78 is 0. The standard InChI is InChI=1S/C12H22N2O/c1-4-14(9-10(2)3)12(15)11-6-5-7-13-8-11/h11,13H,2,4-9H2,1,3H3/t11-/m1/s1. The Kier molecular flexibility index (Phi) is 4.82. The second-order valence-corrected chi connectivity index (χ2v) is 4.35. The lowest BCUT2D eigenvalue weighted by atomic mass is 9.98. The molecule has 1 N–H and O–H groups in total. The van der Waals surface area contributed by atoms with Gasteiger partial charge in [0.1, 0.15) is 0 Å². The molecule has 86 valence electrons. The molecule has 1 fully saturated rings. The molecule has 0 aliphatic carbocycles. The smallest absolute Gasteiger partial charge is 0.227 e. The van der Waals surface area contributed by atoms with Gasteiger partial charge in [0.05, 0.1) is 5.92 Å².